The summed E-state index contributed by atoms with van der Waals surface area (Å²) in [6.07, 6.45) is 13.2. The number of benzene rings is 4. The van der Waals surface area contributed by atoms with Gasteiger partial charge in [0.25, 0.3) is 0 Å². The number of hydrogen-bond acceptors (Lipinski definition) is 4. The molecular formula is C41H52O4. The van der Waals surface area contributed by atoms with Crippen LogP contribution >= 0.6 is 0 Å². The fourth-order valence-corrected chi connectivity index (χ4v) is 6.97. The van der Waals surface area contributed by atoms with Crippen molar-refractivity contribution < 1.29 is 20.4 Å². The van der Waals surface area contributed by atoms with Crippen molar-refractivity contribution in [3.8, 4) is 23.0 Å². The molecule has 4 N–H and O–H groups in total. The van der Waals surface area contributed by atoms with Crippen molar-refractivity contribution in [1.82, 2.24) is 0 Å². The molecule has 4 rings (SSSR count). The van der Waals surface area contributed by atoms with Crippen molar-refractivity contribution in [2.75, 3.05) is 0 Å². The maximum absolute atomic E-state index is 9.72. The second-order valence-corrected chi connectivity index (χ2v) is 13.4. The first kappa shape index (κ1) is 34.0. The molecule has 0 atom stereocenters. The van der Waals surface area contributed by atoms with Crippen LogP contribution in [0, 0.1) is 17.3 Å². The standard InChI is InChI=1S/C41H52O4/c1-41(2,35(11-3-7-31-15-23-37(42)24-16-31)12-4-8-32-17-25-38(43)26-18-32)36(13-5-9-33-19-27-39(44)28-20-33)14-6-10-34-21-29-40(45)30-22-34/h15-30,35-36,42-45H,3-14H2,1-2H3. The van der Waals surface area contributed by atoms with Gasteiger partial charge in [0, 0.05) is 0 Å². The zero-order valence-corrected chi connectivity index (χ0v) is 27.2. The van der Waals surface area contributed by atoms with Crippen molar-refractivity contribution in [1.29, 1.82) is 0 Å². The molecule has 0 amide bonds. The highest BCUT2D eigenvalue weighted by atomic mass is 16.3. The molecule has 0 aromatic heterocycles. The molecule has 0 saturated heterocycles. The third kappa shape index (κ3) is 11.2. The summed E-state index contributed by atoms with van der Waals surface area (Å²) in [5.41, 5.74) is 5.23. The van der Waals surface area contributed by atoms with Gasteiger partial charge in [-0.3, -0.25) is 0 Å². The van der Waals surface area contributed by atoms with Crippen LogP contribution in [0.3, 0.4) is 0 Å². The molecule has 0 aliphatic rings. The Balaban J connectivity index is 1.46. The lowest BCUT2D eigenvalue weighted by Crippen LogP contribution is -2.33. The van der Waals surface area contributed by atoms with Gasteiger partial charge in [-0.25, -0.2) is 0 Å². The van der Waals surface area contributed by atoms with Crippen LogP contribution in [0.5, 0.6) is 23.0 Å². The van der Waals surface area contributed by atoms with E-state index in [0.717, 1.165) is 77.0 Å². The van der Waals surface area contributed by atoms with E-state index in [9.17, 15) is 20.4 Å². The van der Waals surface area contributed by atoms with Crippen LogP contribution in [0.2, 0.25) is 0 Å². The van der Waals surface area contributed by atoms with E-state index in [0.29, 0.717) is 34.8 Å². The zero-order valence-electron chi connectivity index (χ0n) is 27.2. The molecular weight excluding hydrogens is 556 g/mol. The third-order valence-electron chi connectivity index (χ3n) is 9.92. The van der Waals surface area contributed by atoms with Gasteiger partial charge in [0.1, 0.15) is 23.0 Å². The monoisotopic (exact) mass is 608 g/mol. The Hall–Kier alpha value is -3.92. The summed E-state index contributed by atoms with van der Waals surface area (Å²) >= 11 is 0. The van der Waals surface area contributed by atoms with Gasteiger partial charge in [-0.1, -0.05) is 62.4 Å². The molecule has 0 heterocycles. The number of phenolic OH excluding ortho intramolecular Hbond substituents is 4. The highest BCUT2D eigenvalue weighted by Gasteiger charge is 2.36. The minimum absolute atomic E-state index is 0.147. The van der Waals surface area contributed by atoms with Gasteiger partial charge in [0.05, 0.1) is 0 Å². The molecule has 4 aromatic rings. The Kier molecular flexibility index (Phi) is 12.8. The van der Waals surface area contributed by atoms with E-state index in [-0.39, 0.29) is 5.41 Å². The second-order valence-electron chi connectivity index (χ2n) is 13.4. The molecule has 4 aromatic carbocycles. The van der Waals surface area contributed by atoms with E-state index in [1.54, 1.807) is 48.5 Å². The van der Waals surface area contributed by atoms with Gasteiger partial charge in [0.2, 0.25) is 0 Å². The lowest BCUT2D eigenvalue weighted by Gasteiger charge is -2.42. The molecule has 0 saturated carbocycles. The molecule has 0 aliphatic heterocycles. The highest BCUT2D eigenvalue weighted by molar-refractivity contribution is 5.28. The predicted molar refractivity (Wildman–Crippen MR) is 185 cm³/mol. The van der Waals surface area contributed by atoms with Crippen LogP contribution < -0.4 is 0 Å². The highest BCUT2D eigenvalue weighted by Crippen LogP contribution is 2.45. The van der Waals surface area contributed by atoms with Crippen molar-refractivity contribution in [2.45, 2.75) is 90.9 Å². The molecule has 0 fully saturated rings. The van der Waals surface area contributed by atoms with Crippen LogP contribution in [-0.2, 0) is 25.7 Å². The van der Waals surface area contributed by atoms with E-state index in [1.165, 1.54) is 22.3 Å². The van der Waals surface area contributed by atoms with Gasteiger partial charge in [-0.05, 0) is 165 Å². The maximum atomic E-state index is 9.72. The summed E-state index contributed by atoms with van der Waals surface area (Å²) in [5.74, 6) is 2.39. The molecule has 4 heteroatoms. The van der Waals surface area contributed by atoms with Gasteiger partial charge >= 0.3 is 0 Å². The normalized spacial score (nSPS) is 11.8. The maximum Gasteiger partial charge on any atom is 0.115 e. The van der Waals surface area contributed by atoms with E-state index >= 15 is 0 Å². The Morgan fingerprint density at radius 1 is 0.378 bits per heavy atom. The van der Waals surface area contributed by atoms with Crippen LogP contribution in [0.4, 0.5) is 0 Å². The first-order chi connectivity index (χ1) is 21.7. The quantitative estimate of drug-likeness (QED) is 0.0906. The minimum Gasteiger partial charge on any atom is -0.508 e. The number of rotatable bonds is 18. The molecule has 0 spiro atoms. The predicted octanol–water partition coefficient (Wildman–Crippen LogP) is 10.2. The molecule has 0 aliphatic carbocycles. The molecule has 0 bridgehead atoms. The summed E-state index contributed by atoms with van der Waals surface area (Å²) in [6.45, 7) is 5.01. The average molecular weight is 609 g/mol. The fraction of sp³-hybridized carbons (Fsp3) is 0.415. The lowest BCUT2D eigenvalue weighted by atomic mass is 9.63. The molecule has 45 heavy (non-hydrogen) atoms. The third-order valence-corrected chi connectivity index (χ3v) is 9.92. The largest absolute Gasteiger partial charge is 0.508 e. The van der Waals surface area contributed by atoms with E-state index in [2.05, 4.69) is 13.8 Å². The van der Waals surface area contributed by atoms with Crippen molar-refractivity contribution >= 4 is 0 Å². The summed E-state index contributed by atoms with van der Waals surface area (Å²) < 4.78 is 0. The number of aryl methyl sites for hydroxylation is 4. The molecule has 0 unspecified atom stereocenters. The van der Waals surface area contributed by atoms with Gasteiger partial charge < -0.3 is 20.4 Å². The number of hydrogen-bond donors (Lipinski definition) is 4. The molecule has 240 valence electrons. The van der Waals surface area contributed by atoms with Crippen molar-refractivity contribution in [2.24, 2.45) is 17.3 Å². The Bertz CT molecular complexity index is 1180. The van der Waals surface area contributed by atoms with Crippen molar-refractivity contribution in [3.63, 3.8) is 0 Å². The first-order valence-electron chi connectivity index (χ1n) is 16.8. The second kappa shape index (κ2) is 17.0. The van der Waals surface area contributed by atoms with Crippen LogP contribution in [0.1, 0.15) is 87.5 Å². The van der Waals surface area contributed by atoms with Gasteiger partial charge in [-0.2, -0.15) is 0 Å². The van der Waals surface area contributed by atoms with Crippen LogP contribution in [0.15, 0.2) is 97.1 Å². The smallest absolute Gasteiger partial charge is 0.115 e. The Morgan fingerprint density at radius 3 is 0.778 bits per heavy atom. The fourth-order valence-electron chi connectivity index (χ4n) is 6.97. The lowest BCUT2D eigenvalue weighted by molar-refractivity contribution is 0.0798. The summed E-state index contributed by atoms with van der Waals surface area (Å²) in [5, 5.41) is 38.9. The topological polar surface area (TPSA) is 80.9 Å². The first-order valence-corrected chi connectivity index (χ1v) is 16.8. The van der Waals surface area contributed by atoms with E-state index < -0.39 is 0 Å². The van der Waals surface area contributed by atoms with Crippen molar-refractivity contribution in [3.05, 3.63) is 119 Å². The van der Waals surface area contributed by atoms with Gasteiger partial charge in [0.15, 0.2) is 0 Å². The molecule has 4 nitrogen and oxygen atoms in total. The van der Waals surface area contributed by atoms with E-state index in [1.807, 2.05) is 48.5 Å². The Labute approximate surface area is 270 Å². The van der Waals surface area contributed by atoms with Crippen LogP contribution in [-0.4, -0.2) is 20.4 Å². The average Bonchev–Trinajstić information content (AvgIpc) is 3.03. The summed E-state index contributed by atoms with van der Waals surface area (Å²) in [6, 6.07) is 30.6. The number of phenols is 4. The van der Waals surface area contributed by atoms with Crippen LogP contribution in [0.25, 0.3) is 0 Å². The summed E-state index contributed by atoms with van der Waals surface area (Å²) in [7, 11) is 0. The van der Waals surface area contributed by atoms with E-state index in [4.69, 9.17) is 0 Å². The van der Waals surface area contributed by atoms with Gasteiger partial charge in [-0.15, -0.1) is 0 Å². The molecule has 0 radical (unpaired) electrons. The SMILES string of the molecule is CC(C)(C(CCCc1ccc(O)cc1)CCCc1ccc(O)cc1)C(CCCc1ccc(O)cc1)CCCc1ccc(O)cc1. The summed E-state index contributed by atoms with van der Waals surface area (Å²) in [4.78, 5) is 0. The number of aromatic hydroxyl groups is 4. The minimum atomic E-state index is 0.147. The Morgan fingerprint density at radius 2 is 0.578 bits per heavy atom. The zero-order chi connectivity index (χ0) is 32.1.